The zero-order valence-electron chi connectivity index (χ0n) is 13.9. The third-order valence-corrected chi connectivity index (χ3v) is 4.41. The molecule has 26 heavy (non-hydrogen) atoms. The van der Waals surface area contributed by atoms with E-state index < -0.39 is 0 Å². The first-order valence-electron chi connectivity index (χ1n) is 8.44. The van der Waals surface area contributed by atoms with Crippen LogP contribution >= 0.6 is 0 Å². The molecule has 1 heterocycles. The lowest BCUT2D eigenvalue weighted by Gasteiger charge is -2.12. The van der Waals surface area contributed by atoms with Gasteiger partial charge in [0.2, 0.25) is 5.91 Å². The van der Waals surface area contributed by atoms with Crippen LogP contribution in [0.2, 0.25) is 0 Å². The van der Waals surface area contributed by atoms with E-state index in [0.29, 0.717) is 17.2 Å². The van der Waals surface area contributed by atoms with Crippen LogP contribution < -0.4 is 10.1 Å². The summed E-state index contributed by atoms with van der Waals surface area (Å²) < 4.78 is 19.1. The van der Waals surface area contributed by atoms with Crippen LogP contribution in [0.25, 0.3) is 0 Å². The molecular formula is C21H17FN2O2. The minimum Gasteiger partial charge on any atom is -0.455 e. The first-order chi connectivity index (χ1) is 12.7. The van der Waals surface area contributed by atoms with E-state index in [0.717, 1.165) is 12.0 Å². The van der Waals surface area contributed by atoms with Gasteiger partial charge in [0, 0.05) is 24.4 Å². The van der Waals surface area contributed by atoms with Gasteiger partial charge in [-0.05, 0) is 48.2 Å². The Kier molecular flexibility index (Phi) is 4.35. The van der Waals surface area contributed by atoms with E-state index in [4.69, 9.17) is 4.74 Å². The molecule has 2 aromatic carbocycles. The van der Waals surface area contributed by atoms with E-state index in [2.05, 4.69) is 10.3 Å². The zero-order valence-corrected chi connectivity index (χ0v) is 13.9. The number of rotatable bonds is 5. The predicted octanol–water partition coefficient (Wildman–Crippen LogP) is 4.76. The highest BCUT2D eigenvalue weighted by molar-refractivity contribution is 5.96. The molecule has 1 N–H and O–H groups in total. The maximum atomic E-state index is 13.3. The molecule has 0 unspecified atom stereocenters. The normalized spacial score (nSPS) is 18.2. The van der Waals surface area contributed by atoms with Crippen LogP contribution in [0, 0.1) is 11.7 Å². The number of carbonyl (C=O) groups is 1. The average molecular weight is 348 g/mol. The van der Waals surface area contributed by atoms with Crippen molar-refractivity contribution < 1.29 is 13.9 Å². The number of halogens is 1. The van der Waals surface area contributed by atoms with Gasteiger partial charge in [0.25, 0.3) is 0 Å². The number of carbonyl (C=O) groups excluding carboxylic acids is 1. The van der Waals surface area contributed by atoms with Crippen molar-refractivity contribution in [1.29, 1.82) is 0 Å². The maximum Gasteiger partial charge on any atom is 0.228 e. The van der Waals surface area contributed by atoms with Gasteiger partial charge < -0.3 is 10.1 Å². The Labute approximate surface area is 150 Å². The van der Waals surface area contributed by atoms with Crippen LogP contribution in [0.5, 0.6) is 11.5 Å². The van der Waals surface area contributed by atoms with Crippen molar-refractivity contribution in [3.63, 3.8) is 0 Å². The summed E-state index contributed by atoms with van der Waals surface area (Å²) in [4.78, 5) is 16.7. The molecule has 0 bridgehead atoms. The highest BCUT2D eigenvalue weighted by Gasteiger charge is 2.44. The average Bonchev–Trinajstić information content (AvgIpc) is 3.45. The largest absolute Gasteiger partial charge is 0.455 e. The second-order valence-electron chi connectivity index (χ2n) is 6.28. The Balaban J connectivity index is 1.46. The number of nitrogens with one attached hydrogen (secondary N) is 1. The van der Waals surface area contributed by atoms with Gasteiger partial charge in [0.15, 0.2) is 5.75 Å². The molecule has 0 aliphatic heterocycles. The minimum absolute atomic E-state index is 0.0471. The van der Waals surface area contributed by atoms with Crippen molar-refractivity contribution in [2.24, 2.45) is 5.92 Å². The maximum absolute atomic E-state index is 13.3. The van der Waals surface area contributed by atoms with E-state index in [9.17, 15) is 9.18 Å². The number of pyridine rings is 1. The fourth-order valence-electron chi connectivity index (χ4n) is 2.99. The fraction of sp³-hybridized carbons (Fsp3) is 0.143. The number of amides is 1. The molecule has 4 rings (SSSR count). The molecule has 0 saturated heterocycles. The third kappa shape index (κ3) is 3.57. The summed E-state index contributed by atoms with van der Waals surface area (Å²) in [6.07, 6.45) is 4.34. The van der Waals surface area contributed by atoms with Crippen molar-refractivity contribution in [2.45, 2.75) is 12.3 Å². The molecule has 1 aromatic heterocycles. The summed E-state index contributed by atoms with van der Waals surface area (Å²) >= 11 is 0. The molecule has 1 amide bonds. The number of hydrogen-bond donors (Lipinski definition) is 1. The molecule has 2 atom stereocenters. The van der Waals surface area contributed by atoms with Crippen molar-refractivity contribution in [2.75, 3.05) is 5.32 Å². The number of ether oxygens (including phenoxy) is 1. The van der Waals surface area contributed by atoms with Crippen molar-refractivity contribution in [3.8, 4) is 11.5 Å². The molecule has 1 saturated carbocycles. The van der Waals surface area contributed by atoms with Crippen LogP contribution in [0.3, 0.4) is 0 Å². The second-order valence-corrected chi connectivity index (χ2v) is 6.28. The van der Waals surface area contributed by atoms with Crippen LogP contribution in [0.1, 0.15) is 17.9 Å². The Morgan fingerprint density at radius 2 is 2.00 bits per heavy atom. The van der Waals surface area contributed by atoms with Gasteiger partial charge in [-0.3, -0.25) is 9.78 Å². The third-order valence-electron chi connectivity index (χ3n) is 4.41. The highest BCUT2D eigenvalue weighted by atomic mass is 19.1. The molecule has 4 nitrogen and oxygen atoms in total. The summed E-state index contributed by atoms with van der Waals surface area (Å²) in [5.74, 6) is 0.577. The van der Waals surface area contributed by atoms with Crippen LogP contribution in [-0.2, 0) is 4.79 Å². The topological polar surface area (TPSA) is 51.2 Å². The lowest BCUT2D eigenvalue weighted by atomic mass is 10.1. The molecule has 130 valence electrons. The lowest BCUT2D eigenvalue weighted by molar-refractivity contribution is -0.117. The van der Waals surface area contributed by atoms with Crippen molar-refractivity contribution in [3.05, 3.63) is 84.4 Å². The molecule has 1 aliphatic rings. The molecule has 1 aliphatic carbocycles. The summed E-state index contributed by atoms with van der Waals surface area (Å²) in [5, 5.41) is 2.93. The number of aromatic nitrogens is 1. The predicted molar refractivity (Wildman–Crippen MR) is 96.6 cm³/mol. The van der Waals surface area contributed by atoms with Gasteiger partial charge in [-0.15, -0.1) is 0 Å². The van der Waals surface area contributed by atoms with Crippen molar-refractivity contribution >= 4 is 11.6 Å². The van der Waals surface area contributed by atoms with E-state index in [-0.39, 0.29) is 23.6 Å². The van der Waals surface area contributed by atoms with Gasteiger partial charge in [-0.1, -0.05) is 24.3 Å². The summed E-state index contributed by atoms with van der Waals surface area (Å²) in [7, 11) is 0. The summed E-state index contributed by atoms with van der Waals surface area (Å²) in [6, 6.07) is 16.9. The molecule has 1 fully saturated rings. The van der Waals surface area contributed by atoms with Gasteiger partial charge >= 0.3 is 0 Å². The molecule has 3 aromatic rings. The van der Waals surface area contributed by atoms with Gasteiger partial charge in [0.05, 0.1) is 5.69 Å². The molecular weight excluding hydrogens is 331 g/mol. The van der Waals surface area contributed by atoms with Crippen LogP contribution in [-0.4, -0.2) is 10.9 Å². The standard InChI is InChI=1S/C21H17FN2O2/c22-15-6-3-7-16(11-15)26-20-9-2-1-8-19(20)24-21(25)18-12-17(18)14-5-4-10-23-13-14/h1-11,13,17-18H,12H2,(H,24,25)/t17-,18-/m1/s1. The number of benzene rings is 2. The number of anilines is 1. The first-order valence-corrected chi connectivity index (χ1v) is 8.44. The monoisotopic (exact) mass is 348 g/mol. The number of hydrogen-bond acceptors (Lipinski definition) is 3. The molecule has 0 radical (unpaired) electrons. The molecule has 0 spiro atoms. The van der Waals surface area contributed by atoms with E-state index in [1.807, 2.05) is 18.2 Å². The van der Waals surface area contributed by atoms with Crippen LogP contribution in [0.15, 0.2) is 73.1 Å². The Bertz CT molecular complexity index is 930. The van der Waals surface area contributed by atoms with Gasteiger partial charge in [-0.25, -0.2) is 4.39 Å². The first kappa shape index (κ1) is 16.3. The van der Waals surface area contributed by atoms with E-state index in [1.54, 1.807) is 42.7 Å². The number of para-hydroxylation sites is 2. The minimum atomic E-state index is -0.374. The Hall–Kier alpha value is -3.21. The lowest BCUT2D eigenvalue weighted by Crippen LogP contribution is -2.15. The zero-order chi connectivity index (χ0) is 17.9. The summed E-state index contributed by atoms with van der Waals surface area (Å²) in [6.45, 7) is 0. The number of nitrogens with zero attached hydrogens (tertiary/aromatic N) is 1. The smallest absolute Gasteiger partial charge is 0.228 e. The summed E-state index contributed by atoms with van der Waals surface area (Å²) in [5.41, 5.74) is 1.65. The Morgan fingerprint density at radius 3 is 2.81 bits per heavy atom. The van der Waals surface area contributed by atoms with E-state index >= 15 is 0 Å². The van der Waals surface area contributed by atoms with Gasteiger partial charge in [0.1, 0.15) is 11.6 Å². The fourth-order valence-corrected chi connectivity index (χ4v) is 2.99. The molecule has 5 heteroatoms. The quantitative estimate of drug-likeness (QED) is 0.723. The SMILES string of the molecule is O=C(Nc1ccccc1Oc1cccc(F)c1)[C@@H]1C[C@@H]1c1cccnc1. The van der Waals surface area contributed by atoms with E-state index in [1.165, 1.54) is 12.1 Å². The highest BCUT2D eigenvalue weighted by Crippen LogP contribution is 2.48. The second kappa shape index (κ2) is 6.96. The van der Waals surface area contributed by atoms with Crippen LogP contribution in [0.4, 0.5) is 10.1 Å². The van der Waals surface area contributed by atoms with Crippen molar-refractivity contribution in [1.82, 2.24) is 4.98 Å². The van der Waals surface area contributed by atoms with Gasteiger partial charge in [-0.2, -0.15) is 0 Å². The Morgan fingerprint density at radius 1 is 1.12 bits per heavy atom.